The fourth-order valence-electron chi connectivity index (χ4n) is 3.67. The van der Waals surface area contributed by atoms with Crippen molar-refractivity contribution in [2.45, 2.75) is 19.9 Å². The lowest BCUT2D eigenvalue weighted by Gasteiger charge is -2.27. The maximum absolute atomic E-state index is 13.5. The number of phenolic OH excluding ortho intramolecular Hbond substituents is 1. The molecule has 0 bridgehead atoms. The van der Waals surface area contributed by atoms with Crippen LogP contribution in [0, 0.1) is 25.2 Å². The van der Waals surface area contributed by atoms with Crippen molar-refractivity contribution in [1.82, 2.24) is 4.98 Å². The summed E-state index contributed by atoms with van der Waals surface area (Å²) in [6.45, 7) is 3.48. The third-order valence-electron chi connectivity index (χ3n) is 5.02. The van der Waals surface area contributed by atoms with Crippen molar-refractivity contribution in [3.63, 3.8) is 0 Å². The van der Waals surface area contributed by atoms with Crippen LogP contribution in [0.5, 0.6) is 5.75 Å². The first-order valence-corrected chi connectivity index (χ1v) is 10.2. The molecule has 0 spiro atoms. The summed E-state index contributed by atoms with van der Waals surface area (Å²) < 4.78 is 0. The number of rotatable bonds is 4. The molecule has 1 aromatic heterocycles. The van der Waals surface area contributed by atoms with E-state index in [1.807, 2.05) is 6.07 Å². The fraction of sp³-hybridized carbons (Fsp3) is 0.130. The maximum atomic E-state index is 13.5. The van der Waals surface area contributed by atoms with E-state index in [2.05, 4.69) is 4.98 Å². The number of nitrogens with zero attached hydrogens (tertiary/aromatic N) is 3. The molecule has 0 radical (unpaired) electrons. The van der Waals surface area contributed by atoms with E-state index in [-0.39, 0.29) is 11.3 Å². The number of hydrogen-bond acceptors (Lipinski definition) is 7. The number of Topliss-reactive ketones (excluding diaryl/α,β-unsaturated/α-hetero) is 1. The van der Waals surface area contributed by atoms with Crippen molar-refractivity contribution < 1.29 is 19.8 Å². The second kappa shape index (κ2) is 7.70. The van der Waals surface area contributed by atoms with Gasteiger partial charge in [-0.05, 0) is 55.8 Å². The predicted octanol–water partition coefficient (Wildman–Crippen LogP) is 4.12. The number of carbonyl (C=O) groups excluding carboxylic acids is 2. The monoisotopic (exact) mass is 431 g/mol. The van der Waals surface area contributed by atoms with Crippen LogP contribution in [0.2, 0.25) is 0 Å². The SMILES string of the molecule is Cc1nc(C)c(C(=O)C2=C(O)C(=O)N(c3ccc(C#N)cc3)C2c2cccc(O)c2)s1. The predicted molar refractivity (Wildman–Crippen MR) is 115 cm³/mol. The van der Waals surface area contributed by atoms with Crippen LogP contribution in [0.4, 0.5) is 5.69 Å². The highest BCUT2D eigenvalue weighted by Crippen LogP contribution is 2.43. The van der Waals surface area contributed by atoms with E-state index < -0.39 is 23.5 Å². The number of aliphatic hydroxyl groups excluding tert-OH is 1. The Morgan fingerprint density at radius 2 is 1.87 bits per heavy atom. The van der Waals surface area contributed by atoms with E-state index in [0.29, 0.717) is 32.4 Å². The van der Waals surface area contributed by atoms with E-state index in [4.69, 9.17) is 5.26 Å². The van der Waals surface area contributed by atoms with Crippen LogP contribution in [0.15, 0.2) is 59.9 Å². The average Bonchev–Trinajstić information content (AvgIpc) is 3.23. The number of benzene rings is 2. The number of aromatic hydroxyl groups is 1. The van der Waals surface area contributed by atoms with Gasteiger partial charge < -0.3 is 10.2 Å². The molecule has 0 aliphatic carbocycles. The highest BCUT2D eigenvalue weighted by Gasteiger charge is 2.45. The summed E-state index contributed by atoms with van der Waals surface area (Å²) in [5.41, 5.74) is 1.72. The molecule has 8 heteroatoms. The Labute approximate surface area is 182 Å². The lowest BCUT2D eigenvalue weighted by atomic mass is 9.94. The minimum absolute atomic E-state index is 0.0345. The van der Waals surface area contributed by atoms with Crippen LogP contribution in [-0.2, 0) is 4.79 Å². The molecule has 0 fully saturated rings. The number of aliphatic hydroxyl groups is 1. The van der Waals surface area contributed by atoms with Gasteiger partial charge in [0, 0.05) is 5.69 Å². The molecule has 1 amide bonds. The Morgan fingerprint density at radius 1 is 1.16 bits per heavy atom. The zero-order valence-corrected chi connectivity index (χ0v) is 17.5. The van der Waals surface area contributed by atoms with Crippen molar-refractivity contribution in [2.24, 2.45) is 0 Å². The Hall–Kier alpha value is -3.96. The van der Waals surface area contributed by atoms with Crippen molar-refractivity contribution in [1.29, 1.82) is 5.26 Å². The minimum Gasteiger partial charge on any atom is -0.508 e. The van der Waals surface area contributed by atoms with E-state index in [9.17, 15) is 19.8 Å². The van der Waals surface area contributed by atoms with Crippen molar-refractivity contribution >= 4 is 28.7 Å². The van der Waals surface area contributed by atoms with E-state index in [0.717, 1.165) is 0 Å². The van der Waals surface area contributed by atoms with Crippen LogP contribution in [0.1, 0.15) is 37.5 Å². The molecule has 1 aliphatic rings. The average molecular weight is 431 g/mol. The van der Waals surface area contributed by atoms with Crippen molar-refractivity contribution in [2.75, 3.05) is 4.90 Å². The zero-order valence-electron chi connectivity index (χ0n) is 16.7. The Balaban J connectivity index is 1.89. The van der Waals surface area contributed by atoms with Crippen LogP contribution >= 0.6 is 11.3 Å². The number of aromatic nitrogens is 1. The van der Waals surface area contributed by atoms with Gasteiger partial charge in [-0.25, -0.2) is 4.98 Å². The topological polar surface area (TPSA) is 115 Å². The molecule has 0 saturated heterocycles. The molecule has 1 unspecified atom stereocenters. The number of amides is 1. The van der Waals surface area contributed by atoms with Crippen LogP contribution in [0.25, 0.3) is 0 Å². The molecule has 2 aromatic carbocycles. The standard InChI is InChI=1S/C23H17N3O4S/c1-12-22(31-13(2)25-12)20(28)18-19(15-4-3-5-17(27)10-15)26(23(30)21(18)29)16-8-6-14(11-24)7-9-16/h3-10,19,27,29H,1-2H3. The molecule has 2 heterocycles. The van der Waals surface area contributed by atoms with E-state index in [1.165, 1.54) is 28.4 Å². The second-order valence-electron chi connectivity index (χ2n) is 7.07. The highest BCUT2D eigenvalue weighted by atomic mass is 32.1. The molecule has 2 N–H and O–H groups in total. The molecule has 3 aromatic rings. The number of ketones is 1. The van der Waals surface area contributed by atoms with Gasteiger partial charge in [-0.1, -0.05) is 12.1 Å². The molecule has 31 heavy (non-hydrogen) atoms. The van der Waals surface area contributed by atoms with Gasteiger partial charge in [-0.3, -0.25) is 14.5 Å². The molecular formula is C23H17N3O4S. The Bertz CT molecular complexity index is 1280. The van der Waals surface area contributed by atoms with Gasteiger partial charge >= 0.3 is 0 Å². The van der Waals surface area contributed by atoms with Crippen LogP contribution in [0.3, 0.4) is 0 Å². The van der Waals surface area contributed by atoms with Gasteiger partial charge in [0.2, 0.25) is 5.78 Å². The molecular weight excluding hydrogens is 414 g/mol. The number of hydrogen-bond donors (Lipinski definition) is 2. The number of carbonyl (C=O) groups is 2. The first kappa shape index (κ1) is 20.3. The molecule has 0 saturated carbocycles. The maximum Gasteiger partial charge on any atom is 0.294 e. The van der Waals surface area contributed by atoms with Crippen molar-refractivity contribution in [3.05, 3.63) is 86.6 Å². The quantitative estimate of drug-likeness (QED) is 0.601. The zero-order chi connectivity index (χ0) is 22.3. The summed E-state index contributed by atoms with van der Waals surface area (Å²) in [5.74, 6) is -1.90. The summed E-state index contributed by atoms with van der Waals surface area (Å²) in [7, 11) is 0. The van der Waals surface area contributed by atoms with Crippen LogP contribution < -0.4 is 4.90 Å². The van der Waals surface area contributed by atoms with Gasteiger partial charge in [0.05, 0.1) is 38.8 Å². The molecule has 1 atom stereocenters. The number of anilines is 1. The normalized spacial score (nSPS) is 16.0. The van der Waals surface area contributed by atoms with Crippen molar-refractivity contribution in [3.8, 4) is 11.8 Å². The summed E-state index contributed by atoms with van der Waals surface area (Å²) >= 11 is 1.19. The van der Waals surface area contributed by atoms with Gasteiger partial charge in [-0.15, -0.1) is 11.3 Å². The third kappa shape index (κ3) is 3.45. The summed E-state index contributed by atoms with van der Waals surface area (Å²) in [6.07, 6.45) is 0. The van der Waals surface area contributed by atoms with E-state index in [1.54, 1.807) is 50.2 Å². The second-order valence-corrected chi connectivity index (χ2v) is 8.27. The largest absolute Gasteiger partial charge is 0.508 e. The first-order valence-electron chi connectivity index (χ1n) is 9.36. The fourth-order valence-corrected chi connectivity index (χ4v) is 4.55. The van der Waals surface area contributed by atoms with Gasteiger partial charge in [0.25, 0.3) is 5.91 Å². The number of phenols is 1. The lowest BCUT2D eigenvalue weighted by molar-refractivity contribution is -0.117. The van der Waals surface area contributed by atoms with Gasteiger partial charge in [0.1, 0.15) is 5.75 Å². The molecule has 1 aliphatic heterocycles. The number of thiazole rings is 1. The van der Waals surface area contributed by atoms with Gasteiger partial charge in [-0.2, -0.15) is 5.26 Å². The third-order valence-corrected chi connectivity index (χ3v) is 6.09. The van der Waals surface area contributed by atoms with E-state index >= 15 is 0 Å². The Kier molecular flexibility index (Phi) is 5.05. The molecule has 154 valence electrons. The number of nitriles is 1. The number of aryl methyl sites for hydroxylation is 2. The molecule has 4 rings (SSSR count). The summed E-state index contributed by atoms with van der Waals surface area (Å²) in [6, 6.07) is 13.5. The smallest absolute Gasteiger partial charge is 0.294 e. The minimum atomic E-state index is -0.957. The lowest BCUT2D eigenvalue weighted by Crippen LogP contribution is -2.31. The Morgan fingerprint density at radius 3 is 2.45 bits per heavy atom. The first-order chi connectivity index (χ1) is 14.8. The summed E-state index contributed by atoms with van der Waals surface area (Å²) in [4.78, 5) is 32.5. The van der Waals surface area contributed by atoms with Gasteiger partial charge in [0.15, 0.2) is 5.76 Å². The van der Waals surface area contributed by atoms with Crippen LogP contribution in [-0.4, -0.2) is 26.9 Å². The summed E-state index contributed by atoms with van der Waals surface area (Å²) in [5, 5.41) is 30.5. The molecule has 7 nitrogen and oxygen atoms in total. The highest BCUT2D eigenvalue weighted by molar-refractivity contribution is 7.14.